The first kappa shape index (κ1) is 21.0. The fourth-order valence-electron chi connectivity index (χ4n) is 3.85. The lowest BCUT2D eigenvalue weighted by Crippen LogP contribution is -2.34. The first-order valence-electron chi connectivity index (χ1n) is 10.4. The third kappa shape index (κ3) is 3.70. The number of hydrogen-bond donors (Lipinski definition) is 0. The fourth-order valence-corrected chi connectivity index (χ4v) is 3.98. The molecule has 0 fully saturated rings. The highest BCUT2D eigenvalue weighted by atomic mass is 35.5. The zero-order valence-corrected chi connectivity index (χ0v) is 18.7. The maximum absolute atomic E-state index is 13.5. The molecule has 1 amide bonds. The van der Waals surface area contributed by atoms with Crippen molar-refractivity contribution in [3.63, 3.8) is 0 Å². The third-order valence-electron chi connectivity index (χ3n) is 5.78. The van der Waals surface area contributed by atoms with Crippen LogP contribution in [0.15, 0.2) is 71.5 Å². The van der Waals surface area contributed by atoms with E-state index in [4.69, 9.17) is 26.1 Å². The number of ether oxygens (including phenoxy) is 2. The van der Waals surface area contributed by atoms with Crippen LogP contribution in [-0.4, -0.2) is 34.2 Å². The lowest BCUT2D eigenvalue weighted by Gasteiger charge is -2.27. The molecule has 1 atom stereocenters. The summed E-state index contributed by atoms with van der Waals surface area (Å²) in [5.41, 5.74) is 1.43. The smallest absolute Gasteiger partial charge is 0.266 e. The molecule has 166 valence electrons. The molecule has 4 aromatic rings. The maximum Gasteiger partial charge on any atom is 0.266 e. The number of aromatic nitrogens is 2. The van der Waals surface area contributed by atoms with E-state index < -0.39 is 6.04 Å². The van der Waals surface area contributed by atoms with Gasteiger partial charge in [-0.2, -0.15) is 0 Å². The topological polar surface area (TPSA) is 73.7 Å². The molecule has 3 aromatic carbocycles. The van der Waals surface area contributed by atoms with E-state index >= 15 is 0 Å². The van der Waals surface area contributed by atoms with Crippen LogP contribution in [0.3, 0.4) is 0 Å². The van der Waals surface area contributed by atoms with E-state index in [1.54, 1.807) is 72.6 Å². The number of carbonyl (C=O) groups is 1. The Bertz CT molecular complexity index is 1430. The van der Waals surface area contributed by atoms with Gasteiger partial charge in [0.2, 0.25) is 6.79 Å². The Hall–Kier alpha value is -3.84. The molecule has 1 aromatic heterocycles. The average Bonchev–Trinajstić information content (AvgIpc) is 3.31. The molecule has 0 saturated heterocycles. The lowest BCUT2D eigenvalue weighted by atomic mass is 10.1. The Morgan fingerprint density at radius 1 is 1.06 bits per heavy atom. The van der Waals surface area contributed by atoms with E-state index in [0.29, 0.717) is 44.5 Å². The van der Waals surface area contributed by atoms with Gasteiger partial charge in [0.1, 0.15) is 5.82 Å². The van der Waals surface area contributed by atoms with Crippen molar-refractivity contribution in [1.82, 2.24) is 14.5 Å². The number of halogens is 1. The minimum absolute atomic E-state index is 0.133. The molecule has 5 rings (SSSR count). The number of para-hydroxylation sites is 1. The van der Waals surface area contributed by atoms with Crippen LogP contribution in [0.5, 0.6) is 11.5 Å². The second kappa shape index (κ2) is 8.26. The number of rotatable bonds is 4. The first-order valence-corrected chi connectivity index (χ1v) is 10.8. The molecule has 2 heterocycles. The van der Waals surface area contributed by atoms with Crippen molar-refractivity contribution in [2.45, 2.75) is 13.0 Å². The van der Waals surface area contributed by atoms with Gasteiger partial charge in [-0.25, -0.2) is 4.98 Å². The van der Waals surface area contributed by atoms with Crippen molar-refractivity contribution < 1.29 is 14.3 Å². The summed E-state index contributed by atoms with van der Waals surface area (Å²) >= 11 is 6.06. The highest BCUT2D eigenvalue weighted by Crippen LogP contribution is 2.33. The number of hydrogen-bond acceptors (Lipinski definition) is 5. The molecule has 8 heteroatoms. The molecule has 0 N–H and O–H groups in total. The Morgan fingerprint density at radius 2 is 1.79 bits per heavy atom. The number of fused-ring (bicyclic) bond motifs is 2. The predicted octanol–water partition coefficient (Wildman–Crippen LogP) is 4.60. The molecule has 1 aliphatic rings. The summed E-state index contributed by atoms with van der Waals surface area (Å²) in [5.74, 6) is 1.35. The van der Waals surface area contributed by atoms with Gasteiger partial charge in [0.05, 0.1) is 22.6 Å². The van der Waals surface area contributed by atoms with Crippen LogP contribution >= 0.6 is 11.6 Å². The standard InChI is InChI=1S/C25H20ClN3O4/c1-15(28(2)24(30)16-7-12-21-22(13-16)33-14-32-21)23-27-20-6-4-3-5-19(20)25(31)29(23)18-10-8-17(26)9-11-18/h3-13,15H,14H2,1-2H3. The molecule has 1 unspecified atom stereocenters. The van der Waals surface area contributed by atoms with Crippen molar-refractivity contribution in [3.8, 4) is 17.2 Å². The number of benzene rings is 3. The molecule has 7 nitrogen and oxygen atoms in total. The number of carbonyl (C=O) groups excluding carboxylic acids is 1. The van der Waals surface area contributed by atoms with Crippen molar-refractivity contribution >= 4 is 28.4 Å². The van der Waals surface area contributed by atoms with Crippen molar-refractivity contribution in [1.29, 1.82) is 0 Å². The van der Waals surface area contributed by atoms with Gasteiger partial charge in [-0.15, -0.1) is 0 Å². The Morgan fingerprint density at radius 3 is 2.58 bits per heavy atom. The van der Waals surface area contributed by atoms with Gasteiger partial charge in [-0.1, -0.05) is 23.7 Å². The molecule has 0 saturated carbocycles. The zero-order valence-electron chi connectivity index (χ0n) is 18.0. The summed E-state index contributed by atoms with van der Waals surface area (Å²) in [7, 11) is 1.69. The van der Waals surface area contributed by atoms with Gasteiger partial charge in [0, 0.05) is 17.6 Å². The normalized spacial score (nSPS) is 13.2. The van der Waals surface area contributed by atoms with Crippen LogP contribution < -0.4 is 15.0 Å². The zero-order chi connectivity index (χ0) is 23.1. The Kier molecular flexibility index (Phi) is 5.26. The quantitative estimate of drug-likeness (QED) is 0.444. The number of nitrogens with zero attached hydrogens (tertiary/aromatic N) is 3. The second-order valence-electron chi connectivity index (χ2n) is 7.76. The van der Waals surface area contributed by atoms with Crippen LogP contribution in [0.2, 0.25) is 5.02 Å². The molecule has 0 spiro atoms. The SMILES string of the molecule is CC(c1nc2ccccc2c(=O)n1-c1ccc(Cl)cc1)N(C)C(=O)c1ccc2c(c1)OCO2. The van der Waals surface area contributed by atoms with E-state index in [1.165, 1.54) is 4.57 Å². The van der Waals surface area contributed by atoms with Gasteiger partial charge in [0.15, 0.2) is 11.5 Å². The molecule has 0 bridgehead atoms. The Labute approximate surface area is 194 Å². The van der Waals surface area contributed by atoms with E-state index in [1.807, 2.05) is 13.0 Å². The van der Waals surface area contributed by atoms with Gasteiger partial charge < -0.3 is 14.4 Å². The minimum atomic E-state index is -0.518. The summed E-state index contributed by atoms with van der Waals surface area (Å²) in [6.07, 6.45) is 0. The molecular formula is C25H20ClN3O4. The van der Waals surface area contributed by atoms with Crippen molar-refractivity contribution in [3.05, 3.63) is 93.5 Å². The van der Waals surface area contributed by atoms with E-state index in [0.717, 1.165) is 0 Å². The van der Waals surface area contributed by atoms with E-state index in [9.17, 15) is 9.59 Å². The van der Waals surface area contributed by atoms with Gasteiger partial charge in [0.25, 0.3) is 11.5 Å². The van der Waals surface area contributed by atoms with Crippen LogP contribution in [0.1, 0.15) is 29.1 Å². The second-order valence-corrected chi connectivity index (χ2v) is 8.20. The highest BCUT2D eigenvalue weighted by Gasteiger charge is 2.26. The van der Waals surface area contributed by atoms with Gasteiger partial charge in [-0.05, 0) is 61.5 Å². The minimum Gasteiger partial charge on any atom is -0.454 e. The van der Waals surface area contributed by atoms with Gasteiger partial charge in [-0.3, -0.25) is 14.2 Å². The summed E-state index contributed by atoms with van der Waals surface area (Å²) in [5, 5.41) is 1.05. The van der Waals surface area contributed by atoms with Crippen molar-refractivity contribution in [2.75, 3.05) is 13.8 Å². The van der Waals surface area contributed by atoms with Crippen LogP contribution in [0.4, 0.5) is 0 Å². The highest BCUT2D eigenvalue weighted by molar-refractivity contribution is 6.30. The molecule has 0 radical (unpaired) electrons. The van der Waals surface area contributed by atoms with Crippen molar-refractivity contribution in [2.24, 2.45) is 0 Å². The Balaban J connectivity index is 1.60. The molecular weight excluding hydrogens is 442 g/mol. The molecule has 0 aliphatic carbocycles. The van der Waals surface area contributed by atoms with Gasteiger partial charge >= 0.3 is 0 Å². The summed E-state index contributed by atoms with van der Waals surface area (Å²) in [6, 6.07) is 18.7. The largest absolute Gasteiger partial charge is 0.454 e. The van der Waals surface area contributed by atoms with Crippen LogP contribution in [0, 0.1) is 0 Å². The monoisotopic (exact) mass is 461 g/mol. The first-order chi connectivity index (χ1) is 15.9. The number of amides is 1. The summed E-state index contributed by atoms with van der Waals surface area (Å²) < 4.78 is 12.3. The lowest BCUT2D eigenvalue weighted by molar-refractivity contribution is 0.0734. The van der Waals surface area contributed by atoms with E-state index in [2.05, 4.69) is 0 Å². The van der Waals surface area contributed by atoms with Crippen LogP contribution in [0.25, 0.3) is 16.6 Å². The predicted molar refractivity (Wildman–Crippen MR) is 125 cm³/mol. The molecule has 33 heavy (non-hydrogen) atoms. The fraction of sp³-hybridized carbons (Fsp3) is 0.160. The summed E-state index contributed by atoms with van der Waals surface area (Å²) in [6.45, 7) is 1.97. The average molecular weight is 462 g/mol. The third-order valence-corrected chi connectivity index (χ3v) is 6.03. The maximum atomic E-state index is 13.5. The van der Waals surface area contributed by atoms with Crippen LogP contribution in [-0.2, 0) is 0 Å². The van der Waals surface area contributed by atoms with E-state index in [-0.39, 0.29) is 18.3 Å². The summed E-state index contributed by atoms with van der Waals surface area (Å²) in [4.78, 5) is 33.1. The molecule has 1 aliphatic heterocycles.